The van der Waals surface area contributed by atoms with E-state index in [0.29, 0.717) is 12.8 Å². The number of nitrogens with two attached hydrogens (primary N) is 1. The fraction of sp³-hybridized carbons (Fsp3) is 0.405. The van der Waals surface area contributed by atoms with E-state index in [4.69, 9.17) is 24.7 Å². The van der Waals surface area contributed by atoms with Crippen LogP contribution in [0.15, 0.2) is 42.5 Å². The molecule has 0 aromatic heterocycles. The molecule has 6 N–H and O–H groups in total. The molecule has 0 radical (unpaired) electrons. The summed E-state index contributed by atoms with van der Waals surface area (Å²) in [4.78, 5) is 69.0. The number of aliphatic hydroxyl groups excluding tert-OH is 1. The third-order valence-corrected chi connectivity index (χ3v) is 9.99. The van der Waals surface area contributed by atoms with Crippen LogP contribution in [-0.2, 0) is 36.7 Å². The lowest BCUT2D eigenvalue weighted by molar-refractivity contribution is -0.757. The van der Waals surface area contributed by atoms with Crippen LogP contribution >= 0.6 is 0 Å². The van der Waals surface area contributed by atoms with E-state index in [1.54, 1.807) is 19.1 Å². The van der Waals surface area contributed by atoms with E-state index in [0.717, 1.165) is 5.56 Å². The Kier molecular flexibility index (Phi) is 10.7. The highest BCUT2D eigenvalue weighted by Gasteiger charge is 2.50. The average molecular weight is 751 g/mol. The maximum atomic E-state index is 13.9. The van der Waals surface area contributed by atoms with E-state index in [1.807, 2.05) is 0 Å². The molecule has 2 aliphatic carbocycles. The third-order valence-electron chi connectivity index (χ3n) is 9.99. The number of aryl methyl sites for hydroxylation is 1. The van der Waals surface area contributed by atoms with Crippen LogP contribution in [0.25, 0.3) is 0 Å². The Morgan fingerprint density at radius 2 is 1.76 bits per heavy atom. The molecular weight excluding hydrogens is 712 g/mol. The van der Waals surface area contributed by atoms with Gasteiger partial charge in [0.1, 0.15) is 22.8 Å². The van der Waals surface area contributed by atoms with Gasteiger partial charge in [0.05, 0.1) is 54.3 Å². The molecule has 17 heteroatoms. The molecule has 1 aliphatic heterocycles. The molecule has 286 valence electrons. The van der Waals surface area contributed by atoms with Gasteiger partial charge < -0.3 is 49.9 Å². The number of hydrogen-bond donors (Lipinski definition) is 5. The lowest BCUT2D eigenvalue weighted by Crippen LogP contribution is -2.53. The van der Waals surface area contributed by atoms with Gasteiger partial charge in [-0.3, -0.25) is 14.4 Å². The van der Waals surface area contributed by atoms with Crippen molar-refractivity contribution < 1.29 is 68.5 Å². The Balaban J connectivity index is 1.29. The van der Waals surface area contributed by atoms with Crippen LogP contribution < -0.4 is 10.5 Å². The van der Waals surface area contributed by atoms with Crippen molar-refractivity contribution in [2.45, 2.75) is 75.3 Å². The molecule has 17 nitrogen and oxygen atoms in total. The van der Waals surface area contributed by atoms with Gasteiger partial charge in [-0.05, 0) is 43.5 Å². The predicted molar refractivity (Wildman–Crippen MR) is 183 cm³/mol. The number of carbonyl (C=O) groups is 4. The van der Waals surface area contributed by atoms with Crippen molar-refractivity contribution in [1.82, 2.24) is 0 Å². The molecule has 0 bridgehead atoms. The maximum absolute atomic E-state index is 13.9. The number of ketones is 3. The number of rotatable bonds is 12. The van der Waals surface area contributed by atoms with Crippen molar-refractivity contribution in [1.29, 1.82) is 0 Å². The topological polar surface area (TPSA) is 265 Å². The van der Waals surface area contributed by atoms with Gasteiger partial charge in [0.2, 0.25) is 11.6 Å². The van der Waals surface area contributed by atoms with Gasteiger partial charge in [0.25, 0.3) is 5.09 Å². The Hall–Kier alpha value is -5.46. The molecule has 0 unspecified atom stereocenters. The second-order valence-corrected chi connectivity index (χ2v) is 13.4. The largest absolute Gasteiger partial charge is 0.507 e. The predicted octanol–water partition coefficient (Wildman–Crippen LogP) is 2.01. The molecule has 3 aromatic rings. The van der Waals surface area contributed by atoms with Crippen molar-refractivity contribution in [3.63, 3.8) is 0 Å². The summed E-state index contributed by atoms with van der Waals surface area (Å²) < 4.78 is 22.5. The molecule has 1 heterocycles. The number of nitrogens with zero attached hydrogens (tertiary/aromatic N) is 1. The second-order valence-electron chi connectivity index (χ2n) is 13.4. The number of esters is 1. The highest BCUT2D eigenvalue weighted by atomic mass is 16.9. The zero-order chi connectivity index (χ0) is 39.1. The average Bonchev–Trinajstić information content (AvgIpc) is 3.14. The summed E-state index contributed by atoms with van der Waals surface area (Å²) in [6.07, 6.45) is -4.95. The van der Waals surface area contributed by atoms with Gasteiger partial charge in [-0.1, -0.05) is 24.3 Å². The molecule has 0 spiro atoms. The van der Waals surface area contributed by atoms with Crippen molar-refractivity contribution in [3.05, 3.63) is 97.1 Å². The minimum Gasteiger partial charge on any atom is -0.507 e. The van der Waals surface area contributed by atoms with Gasteiger partial charge in [0, 0.05) is 42.0 Å². The summed E-state index contributed by atoms with van der Waals surface area (Å²) in [5, 5.41) is 55.1. The van der Waals surface area contributed by atoms with Crippen molar-refractivity contribution in [3.8, 4) is 17.2 Å². The van der Waals surface area contributed by atoms with E-state index >= 15 is 0 Å². The summed E-state index contributed by atoms with van der Waals surface area (Å²) >= 11 is 0. The molecule has 54 heavy (non-hydrogen) atoms. The molecule has 0 saturated carbocycles. The highest BCUT2D eigenvalue weighted by Crippen LogP contribution is 2.52. The van der Waals surface area contributed by atoms with Crippen LogP contribution in [-0.4, -0.2) is 99.3 Å². The standard InChI is InChI=1S/C37H38N2O15/c1-17-31(41)22(38)13-26(53-17)54-24-15-37(47,25(40)16-51-36(46)19-10-8-18(9-11-19)5-4-12-52-39(48)49)14-21-28(24)35(45)30-29(33(21)43)32(42)20-6-3-7-23(50-2)27(20)34(30)44/h3,6-11,17,22,24,26,31,41,43,45,47H,4-5,12-16,38H2,1-2H3/t17-,22-,24-,26-,31+,37-/m0/s1. The molecule has 6 rings (SSSR count). The quantitative estimate of drug-likeness (QED) is 0.0456. The number of carbonyl (C=O) groups excluding carboxylic acids is 4. The Bertz CT molecular complexity index is 2000. The van der Waals surface area contributed by atoms with Gasteiger partial charge >= 0.3 is 5.97 Å². The molecule has 1 saturated heterocycles. The third kappa shape index (κ3) is 7.11. The molecule has 6 atom stereocenters. The zero-order valence-electron chi connectivity index (χ0n) is 29.2. The number of phenolic OH excluding ortho intramolecular Hbond substituents is 2. The summed E-state index contributed by atoms with van der Waals surface area (Å²) in [6, 6.07) is 9.59. The summed E-state index contributed by atoms with van der Waals surface area (Å²) in [6.45, 7) is 0.535. The Labute approximate surface area is 307 Å². The molecule has 3 aromatic carbocycles. The van der Waals surface area contributed by atoms with E-state index in [1.165, 1.54) is 37.4 Å². The first-order valence-corrected chi connectivity index (χ1v) is 17.1. The number of aromatic hydroxyl groups is 2. The van der Waals surface area contributed by atoms with Crippen LogP contribution in [0.3, 0.4) is 0 Å². The van der Waals surface area contributed by atoms with Gasteiger partial charge in [0.15, 0.2) is 18.7 Å². The van der Waals surface area contributed by atoms with E-state index in [2.05, 4.69) is 4.84 Å². The number of Topliss-reactive ketones (excluding diaryl/α,β-unsaturated/α-hetero) is 1. The highest BCUT2D eigenvalue weighted by molar-refractivity contribution is 6.31. The van der Waals surface area contributed by atoms with Crippen LogP contribution in [0.5, 0.6) is 17.2 Å². The molecule has 0 amide bonds. The molecule has 3 aliphatic rings. The first kappa shape index (κ1) is 38.3. The van der Waals surface area contributed by atoms with Gasteiger partial charge in [-0.2, -0.15) is 0 Å². The number of methoxy groups -OCH3 is 1. The molecule has 1 fully saturated rings. The minimum absolute atomic E-state index is 0.0492. The van der Waals surface area contributed by atoms with E-state index in [9.17, 15) is 49.7 Å². The SMILES string of the molecule is COc1cccc2c1C(=O)c1c(O)c3c(c(O)c1C2=O)C[C@@](O)(C(=O)COC(=O)c1ccc(CCCO[N+](=O)[O-])cc1)C[C@@H]3O[C@H]1C[C@H](N)[C@H](O)[C@H](C)O1. The number of benzene rings is 3. The lowest BCUT2D eigenvalue weighted by atomic mass is 9.72. The van der Waals surface area contributed by atoms with E-state index in [-0.39, 0.29) is 46.6 Å². The number of phenols is 2. The first-order chi connectivity index (χ1) is 25.6. The molecular formula is C37H38N2O15. The fourth-order valence-electron chi connectivity index (χ4n) is 7.17. The van der Waals surface area contributed by atoms with Crippen LogP contribution in [0.4, 0.5) is 0 Å². The summed E-state index contributed by atoms with van der Waals surface area (Å²) in [5.41, 5.74) is 2.80. The van der Waals surface area contributed by atoms with Crippen molar-refractivity contribution in [2.24, 2.45) is 5.73 Å². The number of hydrogen-bond acceptors (Lipinski definition) is 16. The van der Waals surface area contributed by atoms with Gasteiger partial charge in [-0.15, -0.1) is 10.1 Å². The van der Waals surface area contributed by atoms with Crippen molar-refractivity contribution in [2.75, 3.05) is 20.3 Å². The van der Waals surface area contributed by atoms with Crippen LogP contribution in [0, 0.1) is 10.1 Å². The summed E-state index contributed by atoms with van der Waals surface area (Å²) in [7, 11) is 1.30. The number of aliphatic hydroxyl groups is 2. The zero-order valence-corrected chi connectivity index (χ0v) is 29.2. The number of fused-ring (bicyclic) bond motifs is 3. The second kappa shape index (κ2) is 15.1. The Morgan fingerprint density at radius 3 is 2.43 bits per heavy atom. The normalized spacial score (nSPS) is 24.5. The monoisotopic (exact) mass is 750 g/mol. The van der Waals surface area contributed by atoms with E-state index < -0.39 is 107 Å². The Morgan fingerprint density at radius 1 is 1.06 bits per heavy atom. The minimum atomic E-state index is -2.41. The summed E-state index contributed by atoms with van der Waals surface area (Å²) in [5.74, 6) is -4.97. The lowest BCUT2D eigenvalue weighted by Gasteiger charge is -2.42. The van der Waals surface area contributed by atoms with Gasteiger partial charge in [-0.25, -0.2) is 4.79 Å². The maximum Gasteiger partial charge on any atom is 0.338 e. The smallest absolute Gasteiger partial charge is 0.338 e. The number of ether oxygens (including phenoxy) is 4. The van der Waals surface area contributed by atoms with Crippen LogP contribution in [0.2, 0.25) is 0 Å². The fourth-order valence-corrected chi connectivity index (χ4v) is 7.17. The van der Waals surface area contributed by atoms with Crippen molar-refractivity contribution >= 4 is 23.3 Å². The first-order valence-electron chi connectivity index (χ1n) is 17.1. The van der Waals surface area contributed by atoms with Crippen LogP contribution in [0.1, 0.15) is 91.2 Å².